The first-order valence-corrected chi connectivity index (χ1v) is 5.83. The van der Waals surface area contributed by atoms with Crippen LogP contribution in [0, 0.1) is 5.41 Å². The van der Waals surface area contributed by atoms with Crippen molar-refractivity contribution in [3.8, 4) is 5.75 Å². The Morgan fingerprint density at radius 2 is 1.82 bits per heavy atom. The third-order valence-corrected chi connectivity index (χ3v) is 2.52. The van der Waals surface area contributed by atoms with Gasteiger partial charge in [0.15, 0.2) is 0 Å². The maximum atomic E-state index is 11.4. The first kappa shape index (κ1) is 13.6. The minimum absolute atomic E-state index is 0.179. The molecule has 0 spiro atoms. The maximum Gasteiger partial charge on any atom is 0.306 e. The summed E-state index contributed by atoms with van der Waals surface area (Å²) in [6.45, 7) is 7.84. The van der Waals surface area contributed by atoms with E-state index in [4.69, 9.17) is 4.74 Å². The van der Waals surface area contributed by atoms with Crippen LogP contribution < -0.4 is 0 Å². The van der Waals surface area contributed by atoms with E-state index < -0.39 is 0 Å². The molecule has 0 heterocycles. The maximum absolute atomic E-state index is 11.4. The number of hydrogen-bond donors (Lipinski definition) is 1. The fourth-order valence-corrected chi connectivity index (χ4v) is 1.61. The smallest absolute Gasteiger partial charge is 0.306 e. The van der Waals surface area contributed by atoms with Gasteiger partial charge in [-0.3, -0.25) is 4.79 Å². The van der Waals surface area contributed by atoms with Crippen LogP contribution >= 0.6 is 0 Å². The summed E-state index contributed by atoms with van der Waals surface area (Å²) in [5, 5.41) is 9.26. The predicted molar refractivity (Wildman–Crippen MR) is 66.7 cm³/mol. The molecule has 1 aromatic rings. The van der Waals surface area contributed by atoms with Crippen molar-refractivity contribution in [2.45, 2.75) is 40.2 Å². The molecule has 1 atom stereocenters. The van der Waals surface area contributed by atoms with Crippen molar-refractivity contribution in [1.82, 2.24) is 0 Å². The highest BCUT2D eigenvalue weighted by molar-refractivity contribution is 5.69. The number of rotatable bonds is 3. The molecular formula is C14H20O3. The number of hydrogen-bond acceptors (Lipinski definition) is 3. The second kappa shape index (κ2) is 5.21. The Balaban J connectivity index is 2.98. The monoisotopic (exact) mass is 236 g/mol. The molecule has 0 saturated carbocycles. The Bertz CT molecular complexity index is 373. The largest absolute Gasteiger partial charge is 0.508 e. The lowest BCUT2D eigenvalue weighted by molar-refractivity contribution is -0.155. The number of carbonyl (C=O) groups is 1. The number of carbonyl (C=O) groups excluding carboxylic acids is 1. The summed E-state index contributed by atoms with van der Waals surface area (Å²) in [6, 6.07) is 6.78. The molecular weight excluding hydrogens is 216 g/mol. The van der Waals surface area contributed by atoms with Gasteiger partial charge in [-0.05, 0) is 17.7 Å². The number of benzene rings is 1. The molecule has 1 rings (SSSR count). The van der Waals surface area contributed by atoms with Crippen LogP contribution in [-0.2, 0) is 9.53 Å². The van der Waals surface area contributed by atoms with Gasteiger partial charge in [-0.2, -0.15) is 0 Å². The summed E-state index contributed by atoms with van der Waals surface area (Å²) in [7, 11) is 0. The topological polar surface area (TPSA) is 46.5 Å². The zero-order valence-electron chi connectivity index (χ0n) is 10.9. The van der Waals surface area contributed by atoms with Crippen LogP contribution in [0.5, 0.6) is 5.75 Å². The fourth-order valence-electron chi connectivity index (χ4n) is 1.61. The molecule has 0 bridgehead atoms. The first-order chi connectivity index (χ1) is 7.84. The minimum Gasteiger partial charge on any atom is -0.508 e. The van der Waals surface area contributed by atoms with E-state index in [0.717, 1.165) is 5.56 Å². The molecule has 0 aromatic heterocycles. The Morgan fingerprint density at radius 3 is 2.24 bits per heavy atom. The average molecular weight is 236 g/mol. The zero-order chi connectivity index (χ0) is 13.1. The Morgan fingerprint density at radius 1 is 1.29 bits per heavy atom. The SMILES string of the molecule is CCC(=O)OC(c1ccc(O)cc1)C(C)(C)C. The third kappa shape index (κ3) is 3.77. The van der Waals surface area contributed by atoms with Crippen LogP contribution in [0.4, 0.5) is 0 Å². The first-order valence-electron chi connectivity index (χ1n) is 5.83. The standard InChI is InChI=1S/C14H20O3/c1-5-12(16)17-13(14(2,3)4)10-6-8-11(15)9-7-10/h6-9,13,15H,5H2,1-4H3. The molecule has 0 aliphatic carbocycles. The normalized spacial score (nSPS) is 13.2. The molecule has 3 nitrogen and oxygen atoms in total. The summed E-state index contributed by atoms with van der Waals surface area (Å²) in [4.78, 5) is 11.4. The third-order valence-electron chi connectivity index (χ3n) is 2.52. The Labute approximate surface area is 102 Å². The number of phenolic OH excluding ortho intramolecular Hbond substituents is 1. The summed E-state index contributed by atoms with van der Waals surface area (Å²) in [5.41, 5.74) is 0.721. The molecule has 17 heavy (non-hydrogen) atoms. The van der Waals surface area contributed by atoms with Crippen molar-refractivity contribution >= 4 is 5.97 Å². The summed E-state index contributed by atoms with van der Waals surface area (Å²) >= 11 is 0. The molecule has 0 aliphatic heterocycles. The number of esters is 1. The van der Waals surface area contributed by atoms with E-state index in [1.807, 2.05) is 20.8 Å². The van der Waals surface area contributed by atoms with Crippen LogP contribution in [0.2, 0.25) is 0 Å². The van der Waals surface area contributed by atoms with E-state index in [2.05, 4.69) is 0 Å². The highest BCUT2D eigenvalue weighted by Gasteiger charge is 2.29. The number of phenols is 1. The second-order valence-corrected chi connectivity index (χ2v) is 5.18. The molecule has 3 heteroatoms. The number of ether oxygens (including phenoxy) is 1. The zero-order valence-corrected chi connectivity index (χ0v) is 10.9. The van der Waals surface area contributed by atoms with Gasteiger partial charge in [0.1, 0.15) is 11.9 Å². The molecule has 0 saturated heterocycles. The van der Waals surface area contributed by atoms with Gasteiger partial charge in [0.2, 0.25) is 0 Å². The van der Waals surface area contributed by atoms with Crippen LogP contribution in [0.3, 0.4) is 0 Å². The minimum atomic E-state index is -0.296. The Kier molecular flexibility index (Phi) is 4.16. The van der Waals surface area contributed by atoms with E-state index in [0.29, 0.717) is 6.42 Å². The van der Waals surface area contributed by atoms with Gasteiger partial charge in [0.05, 0.1) is 0 Å². The molecule has 1 N–H and O–H groups in total. The van der Waals surface area contributed by atoms with Gasteiger partial charge in [-0.15, -0.1) is 0 Å². The van der Waals surface area contributed by atoms with Gasteiger partial charge in [0.25, 0.3) is 0 Å². The van der Waals surface area contributed by atoms with E-state index >= 15 is 0 Å². The molecule has 1 unspecified atom stereocenters. The Hall–Kier alpha value is -1.51. The van der Waals surface area contributed by atoms with Crippen LogP contribution in [-0.4, -0.2) is 11.1 Å². The van der Waals surface area contributed by atoms with Gasteiger partial charge < -0.3 is 9.84 Å². The molecule has 0 fully saturated rings. The van der Waals surface area contributed by atoms with E-state index in [-0.39, 0.29) is 23.2 Å². The summed E-state index contributed by atoms with van der Waals surface area (Å²) in [6.07, 6.45) is 0.0700. The van der Waals surface area contributed by atoms with E-state index in [9.17, 15) is 9.90 Å². The number of aromatic hydroxyl groups is 1. The van der Waals surface area contributed by atoms with Crippen molar-refractivity contribution < 1.29 is 14.6 Å². The predicted octanol–water partition coefficient (Wildman–Crippen LogP) is 3.43. The van der Waals surface area contributed by atoms with Crippen LogP contribution in [0.1, 0.15) is 45.8 Å². The molecule has 94 valence electrons. The lowest BCUT2D eigenvalue weighted by Crippen LogP contribution is -2.23. The molecule has 0 aliphatic rings. The average Bonchev–Trinajstić information content (AvgIpc) is 2.25. The van der Waals surface area contributed by atoms with Gasteiger partial charge >= 0.3 is 5.97 Å². The highest BCUT2D eigenvalue weighted by atomic mass is 16.5. The van der Waals surface area contributed by atoms with Crippen LogP contribution in [0.25, 0.3) is 0 Å². The van der Waals surface area contributed by atoms with Gasteiger partial charge in [-0.25, -0.2) is 0 Å². The van der Waals surface area contributed by atoms with E-state index in [1.165, 1.54) is 0 Å². The quantitative estimate of drug-likeness (QED) is 0.818. The summed E-state index contributed by atoms with van der Waals surface area (Å²) < 4.78 is 5.47. The van der Waals surface area contributed by atoms with Crippen molar-refractivity contribution in [2.24, 2.45) is 5.41 Å². The van der Waals surface area contributed by atoms with Gasteiger partial charge in [0, 0.05) is 11.8 Å². The fraction of sp³-hybridized carbons (Fsp3) is 0.500. The molecule has 0 amide bonds. The van der Waals surface area contributed by atoms with Gasteiger partial charge in [-0.1, -0.05) is 39.8 Å². The lowest BCUT2D eigenvalue weighted by Gasteiger charge is -2.30. The molecule has 0 radical (unpaired) electrons. The lowest BCUT2D eigenvalue weighted by atomic mass is 9.84. The summed E-state index contributed by atoms with van der Waals surface area (Å²) in [5.74, 6) is 0.00114. The van der Waals surface area contributed by atoms with Crippen LogP contribution in [0.15, 0.2) is 24.3 Å². The van der Waals surface area contributed by atoms with E-state index in [1.54, 1.807) is 31.2 Å². The highest BCUT2D eigenvalue weighted by Crippen LogP contribution is 2.36. The second-order valence-electron chi connectivity index (χ2n) is 5.18. The van der Waals surface area contributed by atoms with Crippen molar-refractivity contribution in [3.05, 3.63) is 29.8 Å². The molecule has 1 aromatic carbocycles. The van der Waals surface area contributed by atoms with Crippen molar-refractivity contribution in [1.29, 1.82) is 0 Å². The van der Waals surface area contributed by atoms with Crippen molar-refractivity contribution in [2.75, 3.05) is 0 Å². The van der Waals surface area contributed by atoms with Crippen molar-refractivity contribution in [3.63, 3.8) is 0 Å².